The van der Waals surface area contributed by atoms with E-state index >= 15 is 0 Å². The number of carbonyl (C=O) groups excluding carboxylic acids is 1. The molecule has 1 aliphatic carbocycles. The molecule has 34 heavy (non-hydrogen) atoms. The van der Waals surface area contributed by atoms with Crippen LogP contribution in [0.5, 0.6) is 0 Å². The molecule has 8 nitrogen and oxygen atoms in total. The van der Waals surface area contributed by atoms with Gasteiger partial charge in [0.1, 0.15) is 5.82 Å². The lowest BCUT2D eigenvalue weighted by atomic mass is 9.89. The minimum absolute atomic E-state index is 0.0193. The highest BCUT2D eigenvalue weighted by atomic mass is 32.2. The average Bonchev–Trinajstić information content (AvgIpc) is 2.81. The number of rotatable bonds is 6. The summed E-state index contributed by atoms with van der Waals surface area (Å²) in [5.41, 5.74) is 0. The van der Waals surface area contributed by atoms with E-state index in [1.165, 1.54) is 35.7 Å². The van der Waals surface area contributed by atoms with Crippen LogP contribution in [0.2, 0.25) is 0 Å². The first kappa shape index (κ1) is 25.5. The number of aliphatic hydroxyl groups is 1. The van der Waals surface area contributed by atoms with Crippen molar-refractivity contribution in [3.8, 4) is 0 Å². The molecule has 4 atom stereocenters. The second-order valence-electron chi connectivity index (χ2n) is 9.67. The smallest absolute Gasteiger partial charge is 0.243 e. The fourth-order valence-corrected chi connectivity index (χ4v) is 6.96. The number of nitrogens with one attached hydrogen (secondary N) is 1. The van der Waals surface area contributed by atoms with E-state index in [0.29, 0.717) is 25.3 Å². The van der Waals surface area contributed by atoms with Crippen molar-refractivity contribution in [3.63, 3.8) is 0 Å². The van der Waals surface area contributed by atoms with Crippen LogP contribution in [-0.2, 0) is 24.3 Å². The molecule has 3 aliphatic rings. The third-order valence-corrected chi connectivity index (χ3v) is 8.98. The molecule has 2 saturated heterocycles. The van der Waals surface area contributed by atoms with Crippen molar-refractivity contribution in [1.82, 2.24) is 9.62 Å². The Balaban J connectivity index is 1.40. The van der Waals surface area contributed by atoms with Crippen LogP contribution in [0.25, 0.3) is 0 Å². The fraction of sp³-hybridized carbons (Fsp3) is 0.708. The lowest BCUT2D eigenvalue weighted by Gasteiger charge is -2.43. The molecule has 1 saturated carbocycles. The summed E-state index contributed by atoms with van der Waals surface area (Å²) in [6.07, 6.45) is 5.38. The Hall–Kier alpha value is -1.59. The van der Waals surface area contributed by atoms with E-state index in [9.17, 15) is 22.7 Å². The molecule has 1 amide bonds. The van der Waals surface area contributed by atoms with Gasteiger partial charge < -0.3 is 19.9 Å². The number of hydrogen-bond donors (Lipinski definition) is 2. The quantitative estimate of drug-likeness (QED) is 0.623. The van der Waals surface area contributed by atoms with Gasteiger partial charge in [-0.15, -0.1) is 0 Å². The van der Waals surface area contributed by atoms with Crippen LogP contribution in [0, 0.1) is 11.7 Å². The molecule has 2 N–H and O–H groups in total. The van der Waals surface area contributed by atoms with Gasteiger partial charge >= 0.3 is 0 Å². The van der Waals surface area contributed by atoms with Gasteiger partial charge in [-0.1, -0.05) is 19.3 Å². The highest BCUT2D eigenvalue weighted by Crippen LogP contribution is 2.31. The van der Waals surface area contributed by atoms with E-state index in [2.05, 4.69) is 5.32 Å². The number of halogens is 1. The molecule has 2 aliphatic heterocycles. The van der Waals surface area contributed by atoms with E-state index in [1.54, 1.807) is 0 Å². The van der Waals surface area contributed by atoms with Crippen LogP contribution in [0.15, 0.2) is 29.2 Å². The number of ether oxygens (including phenoxy) is 2. The predicted octanol–water partition coefficient (Wildman–Crippen LogP) is 2.21. The molecule has 10 heteroatoms. The second kappa shape index (κ2) is 11.4. The van der Waals surface area contributed by atoms with Crippen molar-refractivity contribution >= 4 is 15.9 Å². The number of hydrogen-bond acceptors (Lipinski definition) is 6. The monoisotopic (exact) mass is 498 g/mol. The van der Waals surface area contributed by atoms with Gasteiger partial charge in [-0.25, -0.2) is 12.8 Å². The van der Waals surface area contributed by atoms with Gasteiger partial charge in [-0.05, 0) is 55.9 Å². The van der Waals surface area contributed by atoms with Crippen LogP contribution in [0.4, 0.5) is 4.39 Å². The average molecular weight is 499 g/mol. The van der Waals surface area contributed by atoms with Crippen molar-refractivity contribution in [3.05, 3.63) is 30.1 Å². The summed E-state index contributed by atoms with van der Waals surface area (Å²) in [6.45, 7) is 0.658. The van der Waals surface area contributed by atoms with Crippen LogP contribution in [0.1, 0.15) is 51.4 Å². The van der Waals surface area contributed by atoms with E-state index < -0.39 is 34.1 Å². The highest BCUT2D eigenvalue weighted by molar-refractivity contribution is 7.89. The molecular weight excluding hydrogens is 463 g/mol. The molecule has 0 radical (unpaired) electrons. The summed E-state index contributed by atoms with van der Waals surface area (Å²) in [5, 5.41) is 13.3. The number of β-amino-alcohol motifs (C(OH)–C–C–N with tert-alkyl or cyclic N) is 1. The Labute approximate surface area is 200 Å². The van der Waals surface area contributed by atoms with Gasteiger partial charge in [-0.3, -0.25) is 4.79 Å². The Morgan fingerprint density at radius 3 is 2.56 bits per heavy atom. The Bertz CT molecular complexity index is 922. The van der Waals surface area contributed by atoms with E-state index in [-0.39, 0.29) is 43.1 Å². The minimum Gasteiger partial charge on any atom is -0.389 e. The Morgan fingerprint density at radius 2 is 1.82 bits per heavy atom. The van der Waals surface area contributed by atoms with Crippen molar-refractivity contribution in [2.24, 2.45) is 5.92 Å². The third-order valence-electron chi connectivity index (χ3n) is 7.08. The number of amides is 1. The van der Waals surface area contributed by atoms with Crippen molar-refractivity contribution < 1.29 is 32.2 Å². The summed E-state index contributed by atoms with van der Waals surface area (Å²) in [5.74, 6) is -0.0273. The van der Waals surface area contributed by atoms with Crippen LogP contribution in [-0.4, -0.2) is 74.4 Å². The molecule has 4 rings (SSSR count). The molecule has 2 heterocycles. The minimum atomic E-state index is -3.99. The number of nitrogens with zero attached hydrogens (tertiary/aromatic N) is 1. The van der Waals surface area contributed by atoms with Gasteiger partial charge in [0.15, 0.2) is 0 Å². The standard InChI is InChI=1S/C24H35FN2O6S/c25-18-6-9-21(10-7-18)34(30,31)27-14-19(28)15-32-16-23-22(27)11-8-20(33-23)12-24(29)26-13-17-4-2-1-3-5-17/h6-7,9-10,17,19-20,22-23,28H,1-5,8,11-16H2,(H,26,29)/t19-,20+,22-,23+/m1/s1. The fourth-order valence-electron chi connectivity index (χ4n) is 5.24. The van der Waals surface area contributed by atoms with Crippen LogP contribution in [0.3, 0.4) is 0 Å². The molecule has 3 fully saturated rings. The van der Waals surface area contributed by atoms with E-state index in [1.807, 2.05) is 0 Å². The topological polar surface area (TPSA) is 105 Å². The summed E-state index contributed by atoms with van der Waals surface area (Å²) in [4.78, 5) is 12.5. The number of benzene rings is 1. The van der Waals surface area contributed by atoms with Gasteiger partial charge in [0.25, 0.3) is 0 Å². The first-order chi connectivity index (χ1) is 16.3. The maximum atomic E-state index is 13.4. The SMILES string of the molecule is O=C(C[C@@H]1CC[C@@H]2[C@H](COC[C@H](O)CN2S(=O)(=O)c2ccc(F)cc2)O1)NCC1CCCCC1. The lowest BCUT2D eigenvalue weighted by molar-refractivity contribution is -0.146. The van der Waals surface area contributed by atoms with Crippen molar-refractivity contribution in [2.45, 2.75) is 80.6 Å². The van der Waals surface area contributed by atoms with Gasteiger partial charge in [0.2, 0.25) is 15.9 Å². The molecule has 0 aromatic heterocycles. The summed E-state index contributed by atoms with van der Waals surface area (Å²) in [7, 11) is -3.99. The lowest BCUT2D eigenvalue weighted by Crippen LogP contribution is -2.57. The number of aliphatic hydroxyl groups excluding tert-OH is 1. The first-order valence-corrected chi connectivity index (χ1v) is 13.7. The van der Waals surface area contributed by atoms with Gasteiger partial charge in [0, 0.05) is 13.1 Å². The summed E-state index contributed by atoms with van der Waals surface area (Å²) >= 11 is 0. The zero-order valence-corrected chi connectivity index (χ0v) is 20.2. The number of fused-ring (bicyclic) bond motifs is 1. The predicted molar refractivity (Wildman–Crippen MR) is 123 cm³/mol. The van der Waals surface area contributed by atoms with Gasteiger partial charge in [0.05, 0.1) is 48.9 Å². The largest absolute Gasteiger partial charge is 0.389 e. The summed E-state index contributed by atoms with van der Waals surface area (Å²) < 4.78 is 53.1. The number of sulfonamides is 1. The van der Waals surface area contributed by atoms with Crippen LogP contribution < -0.4 is 5.32 Å². The van der Waals surface area contributed by atoms with Crippen molar-refractivity contribution in [1.29, 1.82) is 0 Å². The molecular formula is C24H35FN2O6S. The zero-order valence-electron chi connectivity index (χ0n) is 19.4. The van der Waals surface area contributed by atoms with Crippen molar-refractivity contribution in [2.75, 3.05) is 26.3 Å². The maximum absolute atomic E-state index is 13.4. The van der Waals surface area contributed by atoms with E-state index in [0.717, 1.165) is 25.0 Å². The molecule has 190 valence electrons. The Kier molecular flexibility index (Phi) is 8.57. The molecule has 0 bridgehead atoms. The Morgan fingerprint density at radius 1 is 1.09 bits per heavy atom. The number of carbonyl (C=O) groups is 1. The zero-order chi connectivity index (χ0) is 24.1. The maximum Gasteiger partial charge on any atom is 0.243 e. The van der Waals surface area contributed by atoms with Gasteiger partial charge in [-0.2, -0.15) is 4.31 Å². The molecule has 0 spiro atoms. The first-order valence-electron chi connectivity index (χ1n) is 12.3. The highest BCUT2D eigenvalue weighted by Gasteiger charge is 2.43. The summed E-state index contributed by atoms with van der Waals surface area (Å²) in [6, 6.07) is 4.11. The van der Waals surface area contributed by atoms with E-state index in [4.69, 9.17) is 9.47 Å². The molecule has 0 unspecified atom stereocenters. The second-order valence-corrected chi connectivity index (χ2v) is 11.6. The van der Waals surface area contributed by atoms with Crippen LogP contribution >= 0.6 is 0 Å². The molecule has 1 aromatic carbocycles. The normalized spacial score (nSPS) is 29.6. The molecule has 1 aromatic rings. The third kappa shape index (κ3) is 6.34.